The molecule has 0 amide bonds. The fourth-order valence-electron chi connectivity index (χ4n) is 1.03. The Morgan fingerprint density at radius 2 is 1.91 bits per heavy atom. The van der Waals surface area contributed by atoms with Crippen molar-refractivity contribution in [2.24, 2.45) is 11.7 Å². The van der Waals surface area contributed by atoms with Crippen molar-refractivity contribution in [1.29, 1.82) is 0 Å². The van der Waals surface area contributed by atoms with Crippen LogP contribution in [0.3, 0.4) is 0 Å². The van der Waals surface area contributed by atoms with Gasteiger partial charge in [0.05, 0.1) is 0 Å². The fourth-order valence-corrected chi connectivity index (χ4v) is 1.03. The third kappa shape index (κ3) is 2.72. The van der Waals surface area contributed by atoms with Crippen molar-refractivity contribution < 1.29 is 0 Å². The van der Waals surface area contributed by atoms with E-state index in [2.05, 4.69) is 19.1 Å². The first-order valence-electron chi connectivity index (χ1n) is 3.90. The molecule has 1 heteroatoms. The molecule has 1 radical (unpaired) electrons. The molecule has 1 unspecified atom stereocenters. The standard InChI is InChI=1S/C10H14N/c1-9(8-11)7-10-5-3-2-4-6-10/h2-6,9H,1,7-8,11H2. The zero-order chi connectivity index (χ0) is 8.10. The average Bonchev–Trinajstić information content (AvgIpc) is 2.06. The van der Waals surface area contributed by atoms with Gasteiger partial charge in [-0.15, -0.1) is 0 Å². The predicted octanol–water partition coefficient (Wildman–Crippen LogP) is 1.64. The maximum Gasteiger partial charge on any atom is -0.00457 e. The number of rotatable bonds is 3. The van der Waals surface area contributed by atoms with Gasteiger partial charge in [0.25, 0.3) is 0 Å². The van der Waals surface area contributed by atoms with Crippen LogP contribution in [0.4, 0.5) is 0 Å². The van der Waals surface area contributed by atoms with Gasteiger partial charge in [0, 0.05) is 0 Å². The highest BCUT2D eigenvalue weighted by Gasteiger charge is 1.99. The smallest absolute Gasteiger partial charge is 0.00457 e. The molecule has 1 rings (SSSR count). The topological polar surface area (TPSA) is 26.0 Å². The fraction of sp³-hybridized carbons (Fsp3) is 0.300. The first-order chi connectivity index (χ1) is 5.33. The van der Waals surface area contributed by atoms with Gasteiger partial charge < -0.3 is 5.73 Å². The minimum absolute atomic E-state index is 0.345. The largest absolute Gasteiger partial charge is 0.330 e. The Bertz CT molecular complexity index is 193. The van der Waals surface area contributed by atoms with E-state index in [1.165, 1.54) is 5.56 Å². The average molecular weight is 148 g/mol. The Labute approximate surface area is 68.2 Å². The number of nitrogens with two attached hydrogens (primary N) is 1. The van der Waals surface area contributed by atoms with Gasteiger partial charge in [-0.25, -0.2) is 0 Å². The van der Waals surface area contributed by atoms with Crippen LogP contribution >= 0.6 is 0 Å². The molecule has 0 aliphatic carbocycles. The van der Waals surface area contributed by atoms with Crippen LogP contribution in [0, 0.1) is 12.8 Å². The van der Waals surface area contributed by atoms with Gasteiger partial charge in [0.15, 0.2) is 0 Å². The van der Waals surface area contributed by atoms with Crippen LogP contribution in [0.2, 0.25) is 0 Å². The Morgan fingerprint density at radius 1 is 1.27 bits per heavy atom. The van der Waals surface area contributed by atoms with E-state index in [1.807, 2.05) is 18.2 Å². The second kappa shape index (κ2) is 4.14. The maximum absolute atomic E-state index is 5.46. The highest BCUT2D eigenvalue weighted by atomic mass is 14.5. The van der Waals surface area contributed by atoms with Crippen molar-refractivity contribution in [2.45, 2.75) is 6.42 Å². The van der Waals surface area contributed by atoms with Gasteiger partial charge in [0.1, 0.15) is 0 Å². The molecule has 59 valence electrons. The van der Waals surface area contributed by atoms with Gasteiger partial charge in [-0.1, -0.05) is 30.3 Å². The number of benzene rings is 1. The lowest BCUT2D eigenvalue weighted by Gasteiger charge is -2.06. The molecule has 0 saturated heterocycles. The van der Waals surface area contributed by atoms with Crippen molar-refractivity contribution >= 4 is 0 Å². The molecule has 11 heavy (non-hydrogen) atoms. The second-order valence-electron chi connectivity index (χ2n) is 2.79. The van der Waals surface area contributed by atoms with E-state index in [1.54, 1.807) is 0 Å². The van der Waals surface area contributed by atoms with Crippen LogP contribution in [0.15, 0.2) is 30.3 Å². The lowest BCUT2D eigenvalue weighted by atomic mass is 10.0. The molecule has 1 nitrogen and oxygen atoms in total. The predicted molar refractivity (Wildman–Crippen MR) is 48.0 cm³/mol. The zero-order valence-electron chi connectivity index (χ0n) is 6.66. The summed E-state index contributed by atoms with van der Waals surface area (Å²) in [4.78, 5) is 0. The van der Waals surface area contributed by atoms with Crippen molar-refractivity contribution in [3.8, 4) is 0 Å². The van der Waals surface area contributed by atoms with E-state index >= 15 is 0 Å². The first-order valence-corrected chi connectivity index (χ1v) is 3.90. The molecule has 1 aromatic rings. The Hall–Kier alpha value is -0.820. The van der Waals surface area contributed by atoms with Crippen LogP contribution in [0.25, 0.3) is 0 Å². The molecule has 2 N–H and O–H groups in total. The Kier molecular flexibility index (Phi) is 3.12. The molecule has 0 aromatic heterocycles. The minimum atomic E-state index is 0.345. The van der Waals surface area contributed by atoms with Crippen molar-refractivity contribution in [3.05, 3.63) is 42.8 Å². The summed E-state index contributed by atoms with van der Waals surface area (Å²) in [6, 6.07) is 10.3. The molecule has 0 saturated carbocycles. The first kappa shape index (κ1) is 8.28. The van der Waals surface area contributed by atoms with E-state index in [-0.39, 0.29) is 0 Å². The number of hydrogen-bond donors (Lipinski definition) is 1. The summed E-state index contributed by atoms with van der Waals surface area (Å²) in [7, 11) is 0. The minimum Gasteiger partial charge on any atom is -0.330 e. The maximum atomic E-state index is 5.46. The summed E-state index contributed by atoms with van der Waals surface area (Å²) >= 11 is 0. The molecule has 0 aliphatic rings. The van der Waals surface area contributed by atoms with Crippen LogP contribution in [0.1, 0.15) is 5.56 Å². The van der Waals surface area contributed by atoms with Gasteiger partial charge in [-0.05, 0) is 31.4 Å². The van der Waals surface area contributed by atoms with Crippen LogP contribution in [0.5, 0.6) is 0 Å². The third-order valence-electron chi connectivity index (χ3n) is 1.70. The van der Waals surface area contributed by atoms with E-state index in [0.29, 0.717) is 12.5 Å². The molecule has 0 heterocycles. The Balaban J connectivity index is 2.51. The van der Waals surface area contributed by atoms with Crippen LogP contribution in [-0.4, -0.2) is 6.54 Å². The van der Waals surface area contributed by atoms with Gasteiger partial charge in [-0.2, -0.15) is 0 Å². The third-order valence-corrected chi connectivity index (χ3v) is 1.70. The van der Waals surface area contributed by atoms with Crippen LogP contribution < -0.4 is 5.73 Å². The van der Waals surface area contributed by atoms with Crippen molar-refractivity contribution in [2.75, 3.05) is 6.54 Å². The SMILES string of the molecule is [CH2]C(CN)Cc1ccccc1. The summed E-state index contributed by atoms with van der Waals surface area (Å²) in [5.41, 5.74) is 6.77. The highest BCUT2D eigenvalue weighted by molar-refractivity contribution is 5.15. The normalized spacial score (nSPS) is 12.9. The van der Waals surface area contributed by atoms with Gasteiger partial charge in [-0.3, -0.25) is 0 Å². The lowest BCUT2D eigenvalue weighted by molar-refractivity contribution is 0.655. The quantitative estimate of drug-likeness (QED) is 0.692. The van der Waals surface area contributed by atoms with Crippen molar-refractivity contribution in [3.63, 3.8) is 0 Å². The zero-order valence-corrected chi connectivity index (χ0v) is 6.66. The molecule has 0 fully saturated rings. The second-order valence-corrected chi connectivity index (χ2v) is 2.79. The van der Waals surface area contributed by atoms with Gasteiger partial charge >= 0.3 is 0 Å². The van der Waals surface area contributed by atoms with E-state index in [9.17, 15) is 0 Å². The monoisotopic (exact) mass is 148 g/mol. The summed E-state index contributed by atoms with van der Waals surface area (Å²) < 4.78 is 0. The Morgan fingerprint density at radius 3 is 2.45 bits per heavy atom. The molecule has 0 aliphatic heterocycles. The summed E-state index contributed by atoms with van der Waals surface area (Å²) in [5, 5.41) is 0. The molecule has 0 bridgehead atoms. The molecule has 0 spiro atoms. The molecular weight excluding hydrogens is 134 g/mol. The number of hydrogen-bond acceptors (Lipinski definition) is 1. The van der Waals surface area contributed by atoms with E-state index < -0.39 is 0 Å². The van der Waals surface area contributed by atoms with E-state index in [0.717, 1.165) is 6.42 Å². The summed E-state index contributed by atoms with van der Waals surface area (Å²) in [6.07, 6.45) is 0.983. The van der Waals surface area contributed by atoms with E-state index in [4.69, 9.17) is 5.73 Å². The van der Waals surface area contributed by atoms with Crippen molar-refractivity contribution in [1.82, 2.24) is 0 Å². The summed E-state index contributed by atoms with van der Waals surface area (Å²) in [5.74, 6) is 0.345. The highest BCUT2D eigenvalue weighted by Crippen LogP contribution is 2.05. The lowest BCUT2D eigenvalue weighted by Crippen LogP contribution is -2.13. The molecule has 1 atom stereocenters. The van der Waals surface area contributed by atoms with Crippen LogP contribution in [-0.2, 0) is 6.42 Å². The summed E-state index contributed by atoms with van der Waals surface area (Å²) in [6.45, 7) is 4.59. The molecule has 1 aromatic carbocycles. The van der Waals surface area contributed by atoms with Gasteiger partial charge in [0.2, 0.25) is 0 Å². The molecular formula is C10H14N.